The molecule has 0 atom stereocenters. The molecular weight excluding hydrogens is 485 g/mol. The van der Waals surface area contributed by atoms with E-state index in [1.807, 2.05) is 18.2 Å². The molecule has 0 spiro atoms. The highest BCUT2D eigenvalue weighted by molar-refractivity contribution is 9.09. The predicted octanol–water partition coefficient (Wildman–Crippen LogP) is 6.28. The first-order chi connectivity index (χ1) is 13.5. The minimum absolute atomic E-state index is 0.285. The third-order valence-electron chi connectivity index (χ3n) is 3.90. The summed E-state index contributed by atoms with van der Waals surface area (Å²) in [7, 11) is -3.44. The zero-order valence-electron chi connectivity index (χ0n) is 15.5. The number of ether oxygens (including phenoxy) is 1. The summed E-state index contributed by atoms with van der Waals surface area (Å²) in [6, 6.07) is 7.42. The zero-order valence-corrected chi connectivity index (χ0v) is 19.5. The van der Waals surface area contributed by atoms with Crippen molar-refractivity contribution in [2.45, 2.75) is 13.8 Å². The van der Waals surface area contributed by atoms with E-state index in [0.717, 1.165) is 26.9 Å². The van der Waals surface area contributed by atoms with Crippen LogP contribution in [0.4, 0.5) is 0 Å². The smallest absolute Gasteiger partial charge is 0.364 e. The van der Waals surface area contributed by atoms with Crippen LogP contribution in [0.15, 0.2) is 35.8 Å². The van der Waals surface area contributed by atoms with E-state index in [1.54, 1.807) is 31.5 Å². The molecule has 28 heavy (non-hydrogen) atoms. The van der Waals surface area contributed by atoms with Gasteiger partial charge in [-0.2, -0.15) is 0 Å². The second kappa shape index (κ2) is 9.70. The van der Waals surface area contributed by atoms with Crippen LogP contribution in [0.25, 0.3) is 21.3 Å². The summed E-state index contributed by atoms with van der Waals surface area (Å²) in [5.74, 6) is 0.726. The van der Waals surface area contributed by atoms with E-state index in [1.165, 1.54) is 11.3 Å². The lowest BCUT2D eigenvalue weighted by Crippen LogP contribution is -2.10. The molecule has 0 bridgehead atoms. The molecule has 0 aliphatic heterocycles. The molecule has 0 saturated heterocycles. The Bertz CT molecular complexity index is 1000. The van der Waals surface area contributed by atoms with Crippen LogP contribution < -0.4 is 10.0 Å². The van der Waals surface area contributed by atoms with Crippen LogP contribution >= 0.6 is 46.5 Å². The number of halogens is 2. The van der Waals surface area contributed by atoms with Crippen molar-refractivity contribution in [3.63, 3.8) is 0 Å². The maximum atomic E-state index is 13.3. The first kappa shape index (κ1) is 21.8. The topological polar surface area (TPSA) is 57.7 Å². The molecule has 3 aromatic rings. The molecular formula is C19H20BrClNO4PS. The summed E-state index contributed by atoms with van der Waals surface area (Å²) < 4.78 is 31.0. The minimum atomic E-state index is -3.44. The molecule has 2 aromatic heterocycles. The van der Waals surface area contributed by atoms with Gasteiger partial charge in [0.2, 0.25) is 0 Å². The van der Waals surface area contributed by atoms with Gasteiger partial charge in [-0.3, -0.25) is 9.55 Å². The van der Waals surface area contributed by atoms with E-state index in [4.69, 9.17) is 25.4 Å². The Kier molecular flexibility index (Phi) is 7.54. The quantitative estimate of drug-likeness (QED) is 0.253. The van der Waals surface area contributed by atoms with Gasteiger partial charge < -0.3 is 13.8 Å². The van der Waals surface area contributed by atoms with Crippen LogP contribution in [0.2, 0.25) is 5.02 Å². The minimum Gasteiger partial charge on any atom is -0.492 e. The van der Waals surface area contributed by atoms with Crippen LogP contribution in [-0.2, 0) is 13.6 Å². The van der Waals surface area contributed by atoms with Crippen LogP contribution in [-0.4, -0.2) is 30.1 Å². The van der Waals surface area contributed by atoms with Crippen molar-refractivity contribution in [2.24, 2.45) is 0 Å². The van der Waals surface area contributed by atoms with E-state index in [9.17, 15) is 4.57 Å². The molecule has 3 rings (SSSR count). The number of benzene rings is 1. The fraction of sp³-hybridized carbons (Fsp3) is 0.316. The highest BCUT2D eigenvalue weighted by Crippen LogP contribution is 2.50. The van der Waals surface area contributed by atoms with Crippen molar-refractivity contribution in [1.29, 1.82) is 0 Å². The number of hydrogen-bond acceptors (Lipinski definition) is 6. The average Bonchev–Trinajstić information content (AvgIpc) is 3.12. The maximum Gasteiger partial charge on any atom is 0.364 e. The Morgan fingerprint density at radius 2 is 1.93 bits per heavy atom. The third-order valence-corrected chi connectivity index (χ3v) is 7.76. The van der Waals surface area contributed by atoms with Crippen molar-refractivity contribution in [1.82, 2.24) is 4.98 Å². The van der Waals surface area contributed by atoms with Crippen molar-refractivity contribution < 1.29 is 18.3 Å². The van der Waals surface area contributed by atoms with E-state index in [-0.39, 0.29) is 13.2 Å². The van der Waals surface area contributed by atoms with Crippen molar-refractivity contribution in [3.05, 3.63) is 40.9 Å². The average molecular weight is 505 g/mol. The second-order valence-electron chi connectivity index (χ2n) is 5.67. The van der Waals surface area contributed by atoms with Gasteiger partial charge in [0.05, 0.1) is 30.0 Å². The van der Waals surface area contributed by atoms with Gasteiger partial charge in [0.1, 0.15) is 11.1 Å². The molecule has 0 amide bonds. The van der Waals surface area contributed by atoms with Gasteiger partial charge in [-0.05, 0) is 38.1 Å². The number of hydrogen-bond donors (Lipinski definition) is 0. The molecule has 1 aromatic carbocycles. The monoisotopic (exact) mass is 503 g/mol. The molecule has 0 unspecified atom stereocenters. The number of alkyl halides is 1. The van der Waals surface area contributed by atoms with Gasteiger partial charge in [0, 0.05) is 33.1 Å². The van der Waals surface area contributed by atoms with Gasteiger partial charge in [0.25, 0.3) is 0 Å². The van der Waals surface area contributed by atoms with Crippen LogP contribution in [0.5, 0.6) is 5.75 Å². The lowest BCUT2D eigenvalue weighted by Gasteiger charge is -2.16. The standard InChI is InChI=1S/C19H20BrClNO4PS/c1-3-25-27(23,26-4-2)17-12-28-19-14(7-9-22-18(17)19)15-11-13(21)5-6-16(15)24-10-8-20/h5-7,9,11-12H,3-4,8,10H2,1-2H3. The summed E-state index contributed by atoms with van der Waals surface area (Å²) in [6.07, 6.45) is 1.69. The highest BCUT2D eigenvalue weighted by atomic mass is 79.9. The Hall–Kier alpha value is -0.950. The van der Waals surface area contributed by atoms with Gasteiger partial charge in [-0.25, -0.2) is 0 Å². The van der Waals surface area contributed by atoms with E-state index in [2.05, 4.69) is 20.9 Å². The van der Waals surface area contributed by atoms with Crippen molar-refractivity contribution in [3.8, 4) is 16.9 Å². The fourth-order valence-electron chi connectivity index (χ4n) is 2.83. The first-order valence-corrected chi connectivity index (χ1v) is 12.7. The van der Waals surface area contributed by atoms with Gasteiger partial charge in [-0.15, -0.1) is 11.3 Å². The second-order valence-corrected chi connectivity index (χ2v) is 9.77. The van der Waals surface area contributed by atoms with Crippen LogP contribution in [0.1, 0.15) is 13.8 Å². The highest BCUT2D eigenvalue weighted by Gasteiger charge is 2.31. The summed E-state index contributed by atoms with van der Waals surface area (Å²) >= 11 is 11.1. The zero-order chi connectivity index (χ0) is 20.1. The van der Waals surface area contributed by atoms with Crippen molar-refractivity contribution in [2.75, 3.05) is 25.2 Å². The number of fused-ring (bicyclic) bond motifs is 1. The third kappa shape index (κ3) is 4.45. The molecule has 0 N–H and O–H groups in total. The Morgan fingerprint density at radius 1 is 1.18 bits per heavy atom. The SMILES string of the molecule is CCOP(=O)(OCC)c1csc2c(-c3cc(Cl)ccc3OCCBr)ccnc12. The normalized spacial score (nSPS) is 11.9. The lowest BCUT2D eigenvalue weighted by atomic mass is 10.1. The van der Waals surface area contributed by atoms with E-state index < -0.39 is 7.60 Å². The fourth-order valence-corrected chi connectivity index (χ4v) is 6.30. The molecule has 150 valence electrons. The Balaban J connectivity index is 2.17. The Labute approximate surface area is 181 Å². The molecule has 5 nitrogen and oxygen atoms in total. The number of nitrogens with zero attached hydrogens (tertiary/aromatic N) is 1. The lowest BCUT2D eigenvalue weighted by molar-refractivity contribution is 0.230. The number of pyridine rings is 1. The summed E-state index contributed by atoms with van der Waals surface area (Å²) in [6.45, 7) is 4.68. The molecule has 0 saturated carbocycles. The molecule has 9 heteroatoms. The van der Waals surface area contributed by atoms with E-state index in [0.29, 0.717) is 22.5 Å². The summed E-state index contributed by atoms with van der Waals surface area (Å²) in [5, 5.41) is 3.62. The maximum absolute atomic E-state index is 13.3. The summed E-state index contributed by atoms with van der Waals surface area (Å²) in [5.41, 5.74) is 2.38. The molecule has 0 aliphatic rings. The van der Waals surface area contributed by atoms with Crippen LogP contribution in [0, 0.1) is 0 Å². The van der Waals surface area contributed by atoms with Gasteiger partial charge in [-0.1, -0.05) is 27.5 Å². The van der Waals surface area contributed by atoms with Gasteiger partial charge in [0.15, 0.2) is 0 Å². The summed E-state index contributed by atoms with van der Waals surface area (Å²) in [4.78, 5) is 4.47. The van der Waals surface area contributed by atoms with Gasteiger partial charge >= 0.3 is 7.60 Å². The largest absolute Gasteiger partial charge is 0.492 e. The molecule has 0 aliphatic carbocycles. The molecule has 0 radical (unpaired) electrons. The first-order valence-electron chi connectivity index (χ1n) is 8.78. The molecule has 2 heterocycles. The predicted molar refractivity (Wildman–Crippen MR) is 120 cm³/mol. The van der Waals surface area contributed by atoms with Crippen LogP contribution in [0.3, 0.4) is 0 Å². The van der Waals surface area contributed by atoms with E-state index >= 15 is 0 Å². The Morgan fingerprint density at radius 3 is 2.61 bits per heavy atom. The molecule has 0 fully saturated rings. The number of rotatable bonds is 9. The van der Waals surface area contributed by atoms with Crippen molar-refractivity contribution >= 4 is 62.0 Å². The number of aromatic nitrogens is 1. The number of thiophene rings is 1.